The number of fused-ring (bicyclic) bond motifs is 1. The van der Waals surface area contributed by atoms with Crippen molar-refractivity contribution >= 4 is 22.4 Å². The van der Waals surface area contributed by atoms with Gasteiger partial charge in [-0.05, 0) is 36.3 Å². The van der Waals surface area contributed by atoms with Gasteiger partial charge >= 0.3 is 0 Å². The second-order valence-corrected chi connectivity index (χ2v) is 5.06. The third kappa shape index (κ3) is 1.35. The average molecular weight is 232 g/mol. The summed E-state index contributed by atoms with van der Waals surface area (Å²) in [6, 6.07) is 12.3. The van der Waals surface area contributed by atoms with Crippen LogP contribution in [0.5, 0.6) is 0 Å². The molecule has 0 unspecified atom stereocenters. The molecule has 0 spiro atoms. The fraction of sp³-hybridized carbons (Fsp3) is 0.286. The number of benzene rings is 2. The molecule has 1 fully saturated rings. The van der Waals surface area contributed by atoms with Gasteiger partial charge in [-0.2, -0.15) is 0 Å². The predicted molar refractivity (Wildman–Crippen MR) is 68.7 cm³/mol. The zero-order chi connectivity index (χ0) is 11.2. The van der Waals surface area contributed by atoms with E-state index in [1.54, 1.807) is 0 Å². The molecule has 0 heterocycles. The van der Waals surface area contributed by atoms with Crippen molar-refractivity contribution in [2.45, 2.75) is 24.8 Å². The van der Waals surface area contributed by atoms with Gasteiger partial charge < -0.3 is 5.73 Å². The van der Waals surface area contributed by atoms with E-state index in [-0.39, 0.29) is 5.54 Å². The number of hydrogen-bond acceptors (Lipinski definition) is 1. The smallest absolute Gasteiger partial charge is 0.0484 e. The zero-order valence-electron chi connectivity index (χ0n) is 9.04. The molecule has 0 aliphatic heterocycles. The molecule has 2 heteroatoms. The van der Waals surface area contributed by atoms with Crippen molar-refractivity contribution in [2.24, 2.45) is 5.73 Å². The van der Waals surface area contributed by atoms with Crippen LogP contribution in [-0.2, 0) is 5.54 Å². The van der Waals surface area contributed by atoms with Crippen LogP contribution >= 0.6 is 11.6 Å². The quantitative estimate of drug-likeness (QED) is 0.793. The first-order valence-electron chi connectivity index (χ1n) is 5.67. The van der Waals surface area contributed by atoms with E-state index in [1.807, 2.05) is 12.1 Å². The van der Waals surface area contributed by atoms with Gasteiger partial charge in [-0.3, -0.25) is 0 Å². The lowest BCUT2D eigenvalue weighted by molar-refractivity contribution is 0.256. The highest BCUT2D eigenvalue weighted by Crippen LogP contribution is 2.42. The van der Waals surface area contributed by atoms with Crippen LogP contribution in [0.25, 0.3) is 10.8 Å². The van der Waals surface area contributed by atoms with Gasteiger partial charge in [0, 0.05) is 15.9 Å². The highest BCUT2D eigenvalue weighted by molar-refractivity contribution is 6.35. The average Bonchev–Trinajstić information content (AvgIpc) is 2.26. The van der Waals surface area contributed by atoms with Crippen molar-refractivity contribution in [3.05, 3.63) is 47.0 Å². The largest absolute Gasteiger partial charge is 0.321 e. The molecule has 82 valence electrons. The summed E-state index contributed by atoms with van der Waals surface area (Å²) in [6.45, 7) is 0. The standard InChI is InChI=1S/C14H14ClN/c15-13-7-2-4-10-11(13)5-1-6-12(10)14(16)8-3-9-14/h1-2,4-7H,3,8-9,16H2. The minimum absolute atomic E-state index is 0.121. The van der Waals surface area contributed by atoms with Gasteiger partial charge in [0.05, 0.1) is 0 Å². The molecule has 0 radical (unpaired) electrons. The van der Waals surface area contributed by atoms with Gasteiger partial charge in [0.15, 0.2) is 0 Å². The van der Waals surface area contributed by atoms with Crippen LogP contribution < -0.4 is 5.73 Å². The molecule has 0 atom stereocenters. The normalized spacial score (nSPS) is 18.4. The highest BCUT2D eigenvalue weighted by atomic mass is 35.5. The topological polar surface area (TPSA) is 26.0 Å². The molecule has 2 aromatic carbocycles. The van der Waals surface area contributed by atoms with Gasteiger partial charge in [0.25, 0.3) is 0 Å². The van der Waals surface area contributed by atoms with E-state index in [2.05, 4.69) is 24.3 Å². The maximum absolute atomic E-state index is 6.40. The van der Waals surface area contributed by atoms with Crippen LogP contribution in [-0.4, -0.2) is 0 Å². The Labute approximate surface area is 100 Å². The lowest BCUT2D eigenvalue weighted by Crippen LogP contribution is -2.43. The van der Waals surface area contributed by atoms with Crippen molar-refractivity contribution in [1.29, 1.82) is 0 Å². The van der Waals surface area contributed by atoms with Gasteiger partial charge in [-0.25, -0.2) is 0 Å². The van der Waals surface area contributed by atoms with E-state index in [1.165, 1.54) is 17.4 Å². The summed E-state index contributed by atoms with van der Waals surface area (Å²) < 4.78 is 0. The van der Waals surface area contributed by atoms with Crippen LogP contribution in [0.15, 0.2) is 36.4 Å². The molecule has 1 aliphatic rings. The van der Waals surface area contributed by atoms with E-state index < -0.39 is 0 Å². The van der Waals surface area contributed by atoms with Crippen LogP contribution in [0, 0.1) is 0 Å². The Bertz CT molecular complexity index is 543. The second-order valence-electron chi connectivity index (χ2n) is 4.65. The SMILES string of the molecule is NC1(c2cccc3c(Cl)cccc23)CCC1. The van der Waals surface area contributed by atoms with Crippen molar-refractivity contribution in [3.63, 3.8) is 0 Å². The van der Waals surface area contributed by atoms with Gasteiger partial charge in [-0.15, -0.1) is 0 Å². The molecule has 1 nitrogen and oxygen atoms in total. The maximum atomic E-state index is 6.40. The molecular formula is C14H14ClN. The Morgan fingerprint density at radius 2 is 1.69 bits per heavy atom. The molecule has 0 aromatic heterocycles. The third-order valence-corrected chi connectivity index (χ3v) is 3.98. The van der Waals surface area contributed by atoms with E-state index in [0.29, 0.717) is 0 Å². The van der Waals surface area contributed by atoms with Crippen molar-refractivity contribution < 1.29 is 0 Å². The molecule has 0 saturated heterocycles. The maximum Gasteiger partial charge on any atom is 0.0484 e. The second kappa shape index (κ2) is 3.47. The van der Waals surface area contributed by atoms with Crippen LogP contribution in [0.2, 0.25) is 5.02 Å². The van der Waals surface area contributed by atoms with E-state index in [0.717, 1.165) is 23.3 Å². The van der Waals surface area contributed by atoms with Gasteiger partial charge in [0.1, 0.15) is 0 Å². The zero-order valence-corrected chi connectivity index (χ0v) is 9.80. The van der Waals surface area contributed by atoms with Crippen LogP contribution in [0.3, 0.4) is 0 Å². The molecule has 0 amide bonds. The Morgan fingerprint density at radius 3 is 2.38 bits per heavy atom. The minimum Gasteiger partial charge on any atom is -0.321 e. The van der Waals surface area contributed by atoms with Crippen LogP contribution in [0.4, 0.5) is 0 Å². The fourth-order valence-electron chi connectivity index (χ4n) is 2.53. The molecule has 2 N–H and O–H groups in total. The summed E-state index contributed by atoms with van der Waals surface area (Å²) in [5.74, 6) is 0. The Balaban J connectivity index is 2.29. The Kier molecular flexibility index (Phi) is 2.20. The first-order valence-corrected chi connectivity index (χ1v) is 6.05. The van der Waals surface area contributed by atoms with Gasteiger partial charge in [0.2, 0.25) is 0 Å². The Morgan fingerprint density at radius 1 is 1.00 bits per heavy atom. The summed E-state index contributed by atoms with van der Waals surface area (Å²) in [6.07, 6.45) is 3.39. The number of nitrogens with two attached hydrogens (primary N) is 1. The lowest BCUT2D eigenvalue weighted by atomic mass is 9.71. The highest BCUT2D eigenvalue weighted by Gasteiger charge is 2.35. The van der Waals surface area contributed by atoms with Gasteiger partial charge in [-0.1, -0.05) is 41.9 Å². The summed E-state index contributed by atoms with van der Waals surface area (Å²) in [4.78, 5) is 0. The van der Waals surface area contributed by atoms with E-state index in [9.17, 15) is 0 Å². The monoisotopic (exact) mass is 231 g/mol. The van der Waals surface area contributed by atoms with Crippen molar-refractivity contribution in [2.75, 3.05) is 0 Å². The summed E-state index contributed by atoms with van der Waals surface area (Å²) in [5.41, 5.74) is 7.53. The summed E-state index contributed by atoms with van der Waals surface area (Å²) in [7, 11) is 0. The first kappa shape index (κ1) is 10.1. The number of halogens is 1. The minimum atomic E-state index is -0.121. The van der Waals surface area contributed by atoms with Crippen molar-refractivity contribution in [3.8, 4) is 0 Å². The predicted octanol–water partition coefficient (Wildman–Crippen LogP) is 3.83. The molecule has 3 rings (SSSR count). The number of hydrogen-bond donors (Lipinski definition) is 1. The Hall–Kier alpha value is -1.05. The number of rotatable bonds is 1. The first-order chi connectivity index (χ1) is 7.71. The molecule has 1 saturated carbocycles. The molecule has 1 aliphatic carbocycles. The molecule has 16 heavy (non-hydrogen) atoms. The van der Waals surface area contributed by atoms with Crippen molar-refractivity contribution in [1.82, 2.24) is 0 Å². The molecule has 2 aromatic rings. The third-order valence-electron chi connectivity index (χ3n) is 3.65. The summed E-state index contributed by atoms with van der Waals surface area (Å²) in [5, 5.41) is 3.12. The molecular weight excluding hydrogens is 218 g/mol. The van der Waals surface area contributed by atoms with E-state index in [4.69, 9.17) is 17.3 Å². The fourth-order valence-corrected chi connectivity index (χ4v) is 2.77. The van der Waals surface area contributed by atoms with E-state index >= 15 is 0 Å². The lowest BCUT2D eigenvalue weighted by Gasteiger charge is -2.39. The summed E-state index contributed by atoms with van der Waals surface area (Å²) >= 11 is 6.20. The molecule has 0 bridgehead atoms. The van der Waals surface area contributed by atoms with Crippen LogP contribution in [0.1, 0.15) is 24.8 Å².